The fourth-order valence-corrected chi connectivity index (χ4v) is 4.32. The van der Waals surface area contributed by atoms with Crippen molar-refractivity contribution < 1.29 is 24.2 Å². The number of nitrogens with zero attached hydrogens (tertiary/aromatic N) is 4. The molecule has 10 nitrogen and oxygen atoms in total. The van der Waals surface area contributed by atoms with E-state index in [0.717, 1.165) is 25.7 Å². The van der Waals surface area contributed by atoms with Crippen molar-refractivity contribution in [1.29, 1.82) is 5.26 Å². The number of nitriles is 1. The normalized spacial score (nSPS) is 22.0. The molecule has 0 unspecified atom stereocenters. The van der Waals surface area contributed by atoms with Gasteiger partial charge in [-0.05, 0) is 43.9 Å². The van der Waals surface area contributed by atoms with Crippen LogP contribution >= 0.6 is 11.6 Å². The molecule has 2 aromatic rings. The summed E-state index contributed by atoms with van der Waals surface area (Å²) >= 11 is 6.06. The monoisotopic (exact) mass is 485 g/mol. The Balaban J connectivity index is 1.22. The van der Waals surface area contributed by atoms with Crippen LogP contribution in [0.3, 0.4) is 0 Å². The summed E-state index contributed by atoms with van der Waals surface area (Å²) in [6.45, 7) is 0.701. The maximum absolute atomic E-state index is 12.6. The van der Waals surface area contributed by atoms with Gasteiger partial charge in [-0.1, -0.05) is 11.6 Å². The Morgan fingerprint density at radius 3 is 2.50 bits per heavy atom. The van der Waals surface area contributed by atoms with E-state index in [1.54, 1.807) is 30.3 Å². The molecule has 1 aromatic carbocycles. The van der Waals surface area contributed by atoms with E-state index in [2.05, 4.69) is 15.5 Å². The molecule has 4 rings (SSSR count). The number of likely N-dealkylation sites (tertiary alicyclic amines) is 1. The van der Waals surface area contributed by atoms with Gasteiger partial charge >= 0.3 is 6.09 Å². The lowest BCUT2D eigenvalue weighted by molar-refractivity contribution is 0.0887. The van der Waals surface area contributed by atoms with Gasteiger partial charge in [-0.15, -0.1) is 10.2 Å². The minimum absolute atomic E-state index is 0.00937. The van der Waals surface area contributed by atoms with Crippen LogP contribution in [0.2, 0.25) is 5.02 Å². The molecule has 2 amide bonds. The summed E-state index contributed by atoms with van der Waals surface area (Å²) in [6, 6.07) is 10.2. The third-order valence-electron chi connectivity index (χ3n) is 5.95. The highest BCUT2D eigenvalue weighted by Crippen LogP contribution is 2.27. The Morgan fingerprint density at radius 1 is 1.09 bits per heavy atom. The highest BCUT2D eigenvalue weighted by atomic mass is 35.5. The maximum atomic E-state index is 12.6. The number of carbonyl (C=O) groups excluding carboxylic acids is 1. The van der Waals surface area contributed by atoms with Gasteiger partial charge in [-0.2, -0.15) is 5.26 Å². The molecule has 0 radical (unpaired) electrons. The molecule has 1 aliphatic carbocycles. The van der Waals surface area contributed by atoms with Crippen molar-refractivity contribution in [2.45, 2.75) is 50.4 Å². The molecule has 2 heterocycles. The van der Waals surface area contributed by atoms with Crippen LogP contribution in [0.1, 0.15) is 48.2 Å². The lowest BCUT2D eigenvalue weighted by Gasteiger charge is -2.29. The first-order valence-electron chi connectivity index (χ1n) is 11.1. The number of hydrogen-bond donors (Lipinski definition) is 2. The average Bonchev–Trinajstić information content (AvgIpc) is 3.30. The van der Waals surface area contributed by atoms with Crippen LogP contribution in [0.5, 0.6) is 11.6 Å². The van der Waals surface area contributed by atoms with Crippen molar-refractivity contribution in [2.24, 2.45) is 0 Å². The predicted molar refractivity (Wildman–Crippen MR) is 121 cm³/mol. The molecule has 1 atom stereocenters. The van der Waals surface area contributed by atoms with Crippen LogP contribution in [-0.4, -0.2) is 63.5 Å². The number of aromatic nitrogens is 2. The molecule has 1 aliphatic heterocycles. The van der Waals surface area contributed by atoms with Gasteiger partial charge in [0.15, 0.2) is 5.69 Å². The highest BCUT2D eigenvalue weighted by molar-refractivity contribution is 6.31. The van der Waals surface area contributed by atoms with Crippen molar-refractivity contribution in [3.8, 4) is 17.7 Å². The average molecular weight is 486 g/mol. The van der Waals surface area contributed by atoms with E-state index in [9.17, 15) is 9.59 Å². The number of rotatable bonds is 6. The molecule has 1 saturated carbocycles. The van der Waals surface area contributed by atoms with E-state index in [-0.39, 0.29) is 42.3 Å². The number of carbonyl (C=O) groups is 2. The minimum Gasteiger partial charge on any atom is -0.490 e. The quantitative estimate of drug-likeness (QED) is 0.635. The van der Waals surface area contributed by atoms with Gasteiger partial charge in [0.25, 0.3) is 5.91 Å². The summed E-state index contributed by atoms with van der Waals surface area (Å²) in [5.41, 5.74) is 0.600. The van der Waals surface area contributed by atoms with E-state index >= 15 is 0 Å². The van der Waals surface area contributed by atoms with E-state index < -0.39 is 6.09 Å². The number of benzene rings is 1. The number of hydrogen-bond acceptors (Lipinski definition) is 7. The molecule has 11 heteroatoms. The number of ether oxygens (including phenoxy) is 2. The highest BCUT2D eigenvalue weighted by Gasteiger charge is 2.28. The van der Waals surface area contributed by atoms with E-state index in [0.29, 0.717) is 29.3 Å². The molecule has 2 N–H and O–H groups in total. The number of amides is 2. The topological polar surface area (TPSA) is 138 Å². The van der Waals surface area contributed by atoms with Crippen molar-refractivity contribution in [2.75, 3.05) is 13.1 Å². The first kappa shape index (κ1) is 23.6. The zero-order valence-corrected chi connectivity index (χ0v) is 19.1. The van der Waals surface area contributed by atoms with Gasteiger partial charge < -0.3 is 24.8 Å². The third-order valence-corrected chi connectivity index (χ3v) is 6.26. The summed E-state index contributed by atoms with van der Waals surface area (Å²) in [4.78, 5) is 24.8. The molecule has 0 bridgehead atoms. The summed E-state index contributed by atoms with van der Waals surface area (Å²) in [5.74, 6) is 0.580. The summed E-state index contributed by atoms with van der Waals surface area (Å²) in [5, 5.41) is 29.2. The van der Waals surface area contributed by atoms with Gasteiger partial charge in [-0.3, -0.25) is 4.79 Å². The molecule has 2 aliphatic rings. The first-order valence-corrected chi connectivity index (χ1v) is 11.4. The van der Waals surface area contributed by atoms with Crippen LogP contribution in [0.25, 0.3) is 0 Å². The maximum Gasteiger partial charge on any atom is 0.407 e. The van der Waals surface area contributed by atoms with Gasteiger partial charge in [0, 0.05) is 31.1 Å². The Hall–Kier alpha value is -3.58. The molecule has 34 heavy (non-hydrogen) atoms. The number of carboxylic acid groups (broad SMARTS) is 1. The minimum atomic E-state index is -0.969. The standard InChI is InChI=1S/C23H24ClN5O5/c24-19-11-17(4-1-14(19)12-25)33-16-5-2-15(3-6-16)26-22(30)20-7-8-21(28-27-20)34-18-9-10-29(13-18)23(31)32/h1,4,7-8,11,15-16,18H,2-3,5-6,9-10,13H2,(H,26,30)(H,31,32)/t15?,16?,18-/m0/s1. The Morgan fingerprint density at radius 2 is 1.88 bits per heavy atom. The molecular weight excluding hydrogens is 462 g/mol. The smallest absolute Gasteiger partial charge is 0.407 e. The lowest BCUT2D eigenvalue weighted by Crippen LogP contribution is -2.40. The van der Waals surface area contributed by atoms with E-state index in [1.807, 2.05) is 6.07 Å². The van der Waals surface area contributed by atoms with Crippen LogP contribution in [0.15, 0.2) is 30.3 Å². The fraction of sp³-hybridized carbons (Fsp3) is 0.435. The zero-order valence-electron chi connectivity index (χ0n) is 18.3. The van der Waals surface area contributed by atoms with Crippen molar-refractivity contribution in [3.05, 3.63) is 46.6 Å². The molecule has 0 spiro atoms. The third kappa shape index (κ3) is 5.85. The van der Waals surface area contributed by atoms with Gasteiger partial charge in [0.2, 0.25) is 5.88 Å². The van der Waals surface area contributed by atoms with Crippen LogP contribution in [0, 0.1) is 11.3 Å². The first-order chi connectivity index (χ1) is 16.4. The molecule has 1 saturated heterocycles. The fourth-order valence-electron chi connectivity index (χ4n) is 4.11. The predicted octanol–water partition coefficient (Wildman–Crippen LogP) is 3.25. The van der Waals surface area contributed by atoms with Crippen LogP contribution in [0.4, 0.5) is 4.79 Å². The molecule has 178 valence electrons. The Labute approximate surface area is 201 Å². The van der Waals surface area contributed by atoms with Gasteiger partial charge in [0.05, 0.1) is 23.2 Å². The second-order valence-corrected chi connectivity index (χ2v) is 8.74. The molecule has 2 fully saturated rings. The zero-order chi connectivity index (χ0) is 24.1. The summed E-state index contributed by atoms with van der Waals surface area (Å²) in [7, 11) is 0. The van der Waals surface area contributed by atoms with Crippen LogP contribution in [-0.2, 0) is 0 Å². The van der Waals surface area contributed by atoms with Gasteiger partial charge in [-0.25, -0.2) is 4.79 Å². The number of halogens is 1. The SMILES string of the molecule is N#Cc1ccc(OC2CCC(NC(=O)c3ccc(O[C@H]4CCN(C(=O)O)C4)nn3)CC2)cc1Cl. The van der Waals surface area contributed by atoms with Crippen molar-refractivity contribution >= 4 is 23.6 Å². The lowest BCUT2D eigenvalue weighted by atomic mass is 9.93. The van der Waals surface area contributed by atoms with Crippen molar-refractivity contribution in [1.82, 2.24) is 20.4 Å². The van der Waals surface area contributed by atoms with E-state index in [1.165, 1.54) is 4.90 Å². The largest absolute Gasteiger partial charge is 0.490 e. The second-order valence-electron chi connectivity index (χ2n) is 8.33. The summed E-state index contributed by atoms with van der Waals surface area (Å²) in [6.07, 6.45) is 2.42. The van der Waals surface area contributed by atoms with Crippen LogP contribution < -0.4 is 14.8 Å². The Bertz CT molecular complexity index is 1080. The van der Waals surface area contributed by atoms with E-state index in [4.69, 9.17) is 31.4 Å². The molecular formula is C23H24ClN5O5. The Kier molecular flexibility index (Phi) is 7.33. The number of nitrogens with one attached hydrogen (secondary N) is 1. The summed E-state index contributed by atoms with van der Waals surface area (Å²) < 4.78 is 11.7. The van der Waals surface area contributed by atoms with Crippen molar-refractivity contribution in [3.63, 3.8) is 0 Å². The van der Waals surface area contributed by atoms with Gasteiger partial charge in [0.1, 0.15) is 17.9 Å². The second kappa shape index (κ2) is 10.6. The molecule has 1 aromatic heterocycles.